The first-order valence-corrected chi connectivity index (χ1v) is 4.06. The molecule has 0 aliphatic heterocycles. The highest BCUT2D eigenvalue weighted by molar-refractivity contribution is 5.29. The molecule has 2 aromatic rings. The van der Waals surface area contributed by atoms with Crippen LogP contribution < -0.4 is 4.74 Å². The Hall–Kier alpha value is -1.76. The van der Waals surface area contributed by atoms with E-state index in [-0.39, 0.29) is 0 Å². The molecule has 1 heteroatoms. The van der Waals surface area contributed by atoms with Crippen LogP contribution >= 0.6 is 0 Å². The van der Waals surface area contributed by atoms with Crippen LogP contribution in [0, 0.1) is 12.1 Å². The van der Waals surface area contributed by atoms with Crippen molar-refractivity contribution in [1.82, 2.24) is 0 Å². The summed E-state index contributed by atoms with van der Waals surface area (Å²) < 4.78 is 5.49. The van der Waals surface area contributed by atoms with Crippen molar-refractivity contribution in [3.8, 4) is 11.5 Å². The predicted molar refractivity (Wildman–Crippen MR) is 50.6 cm³/mol. The number of rotatable bonds is 2. The summed E-state index contributed by atoms with van der Waals surface area (Å²) in [6, 6.07) is 20.8. The topological polar surface area (TPSA) is 9.23 Å². The fourth-order valence-electron chi connectivity index (χ4n) is 1.01. The van der Waals surface area contributed by atoms with Crippen molar-refractivity contribution in [1.29, 1.82) is 0 Å². The molecule has 0 heterocycles. The first kappa shape index (κ1) is 7.87. The summed E-state index contributed by atoms with van der Waals surface area (Å²) in [5, 5.41) is 0. The van der Waals surface area contributed by atoms with Crippen LogP contribution in [0.5, 0.6) is 11.5 Å². The Bertz CT molecular complexity index is 316. The van der Waals surface area contributed by atoms with Gasteiger partial charge in [0.15, 0.2) is 0 Å². The van der Waals surface area contributed by atoms with Crippen molar-refractivity contribution in [3.63, 3.8) is 0 Å². The van der Waals surface area contributed by atoms with Crippen molar-refractivity contribution < 1.29 is 4.74 Å². The molecule has 0 saturated heterocycles. The van der Waals surface area contributed by atoms with E-state index in [1.165, 1.54) is 0 Å². The summed E-state index contributed by atoms with van der Waals surface area (Å²) in [7, 11) is 0. The minimum atomic E-state index is 0.689. The van der Waals surface area contributed by atoms with E-state index in [2.05, 4.69) is 12.1 Å². The van der Waals surface area contributed by atoms with Crippen molar-refractivity contribution >= 4 is 0 Å². The number of ether oxygens (including phenoxy) is 1. The zero-order chi connectivity index (χ0) is 8.93. The van der Waals surface area contributed by atoms with Gasteiger partial charge >= 0.3 is 0 Å². The molecule has 0 bridgehead atoms. The summed E-state index contributed by atoms with van der Waals surface area (Å²) in [6.45, 7) is 0. The van der Waals surface area contributed by atoms with Crippen molar-refractivity contribution in [3.05, 3.63) is 60.7 Å². The Morgan fingerprint density at radius 1 is 1.00 bits per heavy atom. The molecule has 0 N–H and O–H groups in total. The van der Waals surface area contributed by atoms with Gasteiger partial charge in [-0.05, 0) is 30.3 Å². The second kappa shape index (κ2) is 3.76. The van der Waals surface area contributed by atoms with Gasteiger partial charge in [0.1, 0.15) is 11.5 Å². The molecule has 0 unspecified atom stereocenters. The van der Waals surface area contributed by atoms with Crippen LogP contribution in [-0.4, -0.2) is 0 Å². The SMILES string of the molecule is [c]1cc[c]c(Oc2ccccc2)c1. The van der Waals surface area contributed by atoms with Crippen LogP contribution in [0.1, 0.15) is 0 Å². The molecule has 0 saturated carbocycles. The molecule has 2 aromatic carbocycles. The quantitative estimate of drug-likeness (QED) is 0.669. The maximum atomic E-state index is 5.49. The van der Waals surface area contributed by atoms with E-state index >= 15 is 0 Å². The van der Waals surface area contributed by atoms with Crippen LogP contribution in [-0.2, 0) is 0 Å². The van der Waals surface area contributed by atoms with E-state index < -0.39 is 0 Å². The average Bonchev–Trinajstić information content (AvgIpc) is 2.21. The number of para-hydroxylation sites is 1. The van der Waals surface area contributed by atoms with Crippen LogP contribution in [0.4, 0.5) is 0 Å². The van der Waals surface area contributed by atoms with Gasteiger partial charge in [0.05, 0.1) is 0 Å². The molecule has 0 fully saturated rings. The lowest BCUT2D eigenvalue weighted by atomic mass is 10.3. The normalized spacial score (nSPS) is 9.54. The number of hydrogen-bond donors (Lipinski definition) is 0. The lowest BCUT2D eigenvalue weighted by Crippen LogP contribution is -1.82. The highest BCUT2D eigenvalue weighted by Crippen LogP contribution is 2.18. The molecule has 1 nitrogen and oxygen atoms in total. The Morgan fingerprint density at radius 3 is 2.54 bits per heavy atom. The van der Waals surface area contributed by atoms with Crippen molar-refractivity contribution in [2.45, 2.75) is 0 Å². The Labute approximate surface area is 77.6 Å². The lowest BCUT2D eigenvalue weighted by molar-refractivity contribution is 0.481. The zero-order valence-corrected chi connectivity index (χ0v) is 7.03. The largest absolute Gasteiger partial charge is 0.457 e. The van der Waals surface area contributed by atoms with Gasteiger partial charge in [0.25, 0.3) is 0 Å². The van der Waals surface area contributed by atoms with E-state index in [0.29, 0.717) is 5.75 Å². The third-order valence-electron chi connectivity index (χ3n) is 1.59. The van der Waals surface area contributed by atoms with Crippen molar-refractivity contribution in [2.24, 2.45) is 0 Å². The minimum absolute atomic E-state index is 0.689. The fourth-order valence-corrected chi connectivity index (χ4v) is 1.01. The second-order valence-electron chi connectivity index (χ2n) is 2.57. The van der Waals surface area contributed by atoms with Crippen LogP contribution in [0.2, 0.25) is 0 Å². The Morgan fingerprint density at radius 2 is 1.85 bits per heavy atom. The monoisotopic (exact) mass is 168 g/mol. The third-order valence-corrected chi connectivity index (χ3v) is 1.59. The molecule has 2 radical (unpaired) electrons. The summed E-state index contributed by atoms with van der Waals surface area (Å²) in [4.78, 5) is 0. The van der Waals surface area contributed by atoms with Crippen LogP contribution in [0.25, 0.3) is 0 Å². The summed E-state index contributed by atoms with van der Waals surface area (Å²) in [5.41, 5.74) is 0. The smallest absolute Gasteiger partial charge is 0.136 e. The van der Waals surface area contributed by atoms with E-state index in [1.54, 1.807) is 18.2 Å². The molecule has 13 heavy (non-hydrogen) atoms. The standard InChI is InChI=1S/C12H8O/c1-3-7-11(8-4-1)13-12-9-5-2-6-10-12/h1-5,7-8,10H. The lowest BCUT2D eigenvalue weighted by Gasteiger charge is -2.03. The Kier molecular flexibility index (Phi) is 2.28. The van der Waals surface area contributed by atoms with Gasteiger partial charge in [-0.1, -0.05) is 24.3 Å². The molecular formula is C12H8O. The van der Waals surface area contributed by atoms with Gasteiger partial charge in [-0.15, -0.1) is 0 Å². The highest BCUT2D eigenvalue weighted by Gasteiger charge is 1.93. The molecule has 0 spiro atoms. The molecule has 0 amide bonds. The molecule has 62 valence electrons. The van der Waals surface area contributed by atoms with Gasteiger partial charge < -0.3 is 4.74 Å². The minimum Gasteiger partial charge on any atom is -0.457 e. The molecule has 0 aromatic heterocycles. The van der Waals surface area contributed by atoms with Crippen molar-refractivity contribution in [2.75, 3.05) is 0 Å². The molecule has 0 aliphatic rings. The summed E-state index contributed by atoms with van der Waals surface area (Å²) in [6.07, 6.45) is 0. The summed E-state index contributed by atoms with van der Waals surface area (Å²) in [5.74, 6) is 1.51. The predicted octanol–water partition coefficient (Wildman–Crippen LogP) is 3.08. The van der Waals surface area contributed by atoms with E-state index in [4.69, 9.17) is 4.74 Å². The maximum absolute atomic E-state index is 5.49. The van der Waals surface area contributed by atoms with Gasteiger partial charge in [0, 0.05) is 6.07 Å². The second-order valence-corrected chi connectivity index (χ2v) is 2.57. The molecule has 2 rings (SSSR count). The highest BCUT2D eigenvalue weighted by atomic mass is 16.5. The zero-order valence-electron chi connectivity index (χ0n) is 7.03. The van der Waals surface area contributed by atoms with Gasteiger partial charge in [-0.3, -0.25) is 0 Å². The molecule has 0 atom stereocenters. The number of hydrogen-bond acceptors (Lipinski definition) is 1. The molecular weight excluding hydrogens is 160 g/mol. The average molecular weight is 168 g/mol. The van der Waals surface area contributed by atoms with E-state index in [1.807, 2.05) is 30.3 Å². The van der Waals surface area contributed by atoms with Gasteiger partial charge in [-0.25, -0.2) is 0 Å². The van der Waals surface area contributed by atoms with E-state index in [0.717, 1.165) is 5.75 Å². The maximum Gasteiger partial charge on any atom is 0.136 e. The fraction of sp³-hybridized carbons (Fsp3) is 0. The first-order valence-electron chi connectivity index (χ1n) is 4.06. The summed E-state index contributed by atoms with van der Waals surface area (Å²) >= 11 is 0. The molecule has 0 aliphatic carbocycles. The van der Waals surface area contributed by atoms with Gasteiger partial charge in [0.2, 0.25) is 0 Å². The van der Waals surface area contributed by atoms with Gasteiger partial charge in [-0.2, -0.15) is 0 Å². The number of benzene rings is 2. The third kappa shape index (κ3) is 2.09. The van der Waals surface area contributed by atoms with Crippen LogP contribution in [0.3, 0.4) is 0 Å². The van der Waals surface area contributed by atoms with E-state index in [9.17, 15) is 0 Å². The first-order chi connectivity index (χ1) is 6.45. The Balaban J connectivity index is 2.16. The van der Waals surface area contributed by atoms with Crippen LogP contribution in [0.15, 0.2) is 48.5 Å².